The maximum atomic E-state index is 12.4. The molecular formula is C16H16ClNO5S. The summed E-state index contributed by atoms with van der Waals surface area (Å²) in [7, 11) is -3.94. The average Bonchev–Trinajstić information content (AvgIpc) is 2.48. The van der Waals surface area contributed by atoms with Crippen molar-refractivity contribution in [3.05, 3.63) is 53.1 Å². The summed E-state index contributed by atoms with van der Waals surface area (Å²) in [4.78, 5) is 11.2. The van der Waals surface area contributed by atoms with Gasteiger partial charge in [0.05, 0.1) is 22.3 Å². The van der Waals surface area contributed by atoms with Crippen molar-refractivity contribution in [1.82, 2.24) is 0 Å². The lowest BCUT2D eigenvalue weighted by atomic mass is 10.2. The molecule has 0 atom stereocenters. The normalized spacial score (nSPS) is 11.3. The third-order valence-corrected chi connectivity index (χ3v) is 4.58. The van der Waals surface area contributed by atoms with Crippen LogP contribution in [0.2, 0.25) is 5.02 Å². The van der Waals surface area contributed by atoms with Crippen LogP contribution >= 0.6 is 11.6 Å². The predicted molar refractivity (Wildman–Crippen MR) is 91.4 cm³/mol. The zero-order chi connectivity index (χ0) is 17.9. The second-order valence-corrected chi connectivity index (χ2v) is 7.36. The van der Waals surface area contributed by atoms with Crippen molar-refractivity contribution >= 4 is 33.3 Å². The number of aromatic carboxylic acids is 1. The third kappa shape index (κ3) is 4.39. The molecule has 0 saturated carbocycles. The van der Waals surface area contributed by atoms with E-state index >= 15 is 0 Å². The molecule has 24 heavy (non-hydrogen) atoms. The van der Waals surface area contributed by atoms with E-state index in [1.165, 1.54) is 42.5 Å². The van der Waals surface area contributed by atoms with Crippen LogP contribution in [0.5, 0.6) is 5.75 Å². The van der Waals surface area contributed by atoms with Crippen molar-refractivity contribution in [3.63, 3.8) is 0 Å². The summed E-state index contributed by atoms with van der Waals surface area (Å²) in [5.41, 5.74) is -0.291. The molecule has 0 aliphatic carbocycles. The smallest absolute Gasteiger partial charge is 0.337 e. The van der Waals surface area contributed by atoms with Crippen molar-refractivity contribution < 1.29 is 23.1 Å². The van der Waals surface area contributed by atoms with Crippen LogP contribution in [-0.2, 0) is 10.0 Å². The lowest BCUT2D eigenvalue weighted by Gasteiger charge is -2.12. The maximum absolute atomic E-state index is 12.4. The Kier molecular flexibility index (Phi) is 5.36. The molecule has 2 rings (SSSR count). The number of nitrogens with one attached hydrogen (secondary N) is 1. The largest absolute Gasteiger partial charge is 0.491 e. The molecular weight excluding hydrogens is 354 g/mol. The van der Waals surface area contributed by atoms with E-state index < -0.39 is 16.0 Å². The Morgan fingerprint density at radius 3 is 2.33 bits per heavy atom. The number of hydrogen-bond donors (Lipinski definition) is 2. The molecule has 0 unspecified atom stereocenters. The standard InChI is InChI=1S/C16H16ClNO5S/c1-10(2)23-12-4-6-13(7-5-12)24(21,22)18-15-8-3-11(17)9-14(15)16(19)20/h3-10,18H,1-2H3,(H,19,20). The van der Waals surface area contributed by atoms with Crippen LogP contribution in [0.3, 0.4) is 0 Å². The van der Waals surface area contributed by atoms with E-state index in [9.17, 15) is 13.2 Å². The maximum Gasteiger partial charge on any atom is 0.337 e. The van der Waals surface area contributed by atoms with Gasteiger partial charge < -0.3 is 9.84 Å². The number of benzene rings is 2. The molecule has 0 aromatic heterocycles. The van der Waals surface area contributed by atoms with Crippen LogP contribution in [0.1, 0.15) is 24.2 Å². The number of ether oxygens (including phenoxy) is 1. The van der Waals surface area contributed by atoms with Gasteiger partial charge in [-0.25, -0.2) is 13.2 Å². The summed E-state index contributed by atoms with van der Waals surface area (Å²) in [6.45, 7) is 3.72. The highest BCUT2D eigenvalue weighted by molar-refractivity contribution is 7.92. The Labute approximate surface area is 145 Å². The van der Waals surface area contributed by atoms with Crippen LogP contribution in [0, 0.1) is 0 Å². The molecule has 0 aliphatic heterocycles. The second-order valence-electron chi connectivity index (χ2n) is 5.24. The van der Waals surface area contributed by atoms with Crippen molar-refractivity contribution in [2.45, 2.75) is 24.8 Å². The highest BCUT2D eigenvalue weighted by atomic mass is 35.5. The predicted octanol–water partition coefficient (Wildman–Crippen LogP) is 3.63. The molecule has 8 heteroatoms. The fourth-order valence-corrected chi connectivity index (χ4v) is 3.21. The second kappa shape index (κ2) is 7.11. The molecule has 0 radical (unpaired) electrons. The first kappa shape index (κ1) is 18.1. The van der Waals surface area contributed by atoms with Crippen LogP contribution in [-0.4, -0.2) is 25.6 Å². The quantitative estimate of drug-likeness (QED) is 0.811. The summed E-state index contributed by atoms with van der Waals surface area (Å²) in [5, 5.41) is 9.37. The third-order valence-electron chi connectivity index (χ3n) is 2.96. The van der Waals surface area contributed by atoms with Gasteiger partial charge in [0.1, 0.15) is 5.75 Å². The Hall–Kier alpha value is -2.25. The van der Waals surface area contributed by atoms with E-state index in [0.717, 1.165) is 0 Å². The molecule has 0 fully saturated rings. The fraction of sp³-hybridized carbons (Fsp3) is 0.188. The van der Waals surface area contributed by atoms with Gasteiger partial charge in [-0.1, -0.05) is 11.6 Å². The number of halogens is 1. The highest BCUT2D eigenvalue weighted by Crippen LogP contribution is 2.24. The lowest BCUT2D eigenvalue weighted by molar-refractivity contribution is 0.0698. The molecule has 0 aliphatic rings. The number of sulfonamides is 1. The van der Waals surface area contributed by atoms with Gasteiger partial charge in [-0.15, -0.1) is 0 Å². The first-order valence-corrected chi connectivity index (χ1v) is 8.87. The van der Waals surface area contributed by atoms with Gasteiger partial charge in [-0.3, -0.25) is 4.72 Å². The summed E-state index contributed by atoms with van der Waals surface area (Å²) in [6.07, 6.45) is -0.0298. The van der Waals surface area contributed by atoms with Crippen molar-refractivity contribution in [2.75, 3.05) is 4.72 Å². The molecule has 2 N–H and O–H groups in total. The first-order valence-electron chi connectivity index (χ1n) is 7.01. The molecule has 0 heterocycles. The summed E-state index contributed by atoms with van der Waals surface area (Å²) in [5.74, 6) is -0.738. The van der Waals surface area contributed by atoms with E-state index in [1.54, 1.807) is 0 Å². The van der Waals surface area contributed by atoms with Gasteiger partial charge in [0.2, 0.25) is 0 Å². The molecule has 0 bridgehead atoms. The van der Waals surface area contributed by atoms with Gasteiger partial charge in [0, 0.05) is 5.02 Å². The Bertz CT molecular complexity index is 847. The molecule has 2 aromatic carbocycles. The minimum absolute atomic E-state index is 0.00936. The van der Waals surface area contributed by atoms with Crippen molar-refractivity contribution in [2.24, 2.45) is 0 Å². The van der Waals surface area contributed by atoms with Crippen LogP contribution < -0.4 is 9.46 Å². The number of carbonyl (C=O) groups is 1. The topological polar surface area (TPSA) is 92.7 Å². The lowest BCUT2D eigenvalue weighted by Crippen LogP contribution is -2.15. The summed E-state index contributed by atoms with van der Waals surface area (Å²) in [6, 6.07) is 9.74. The molecule has 6 nitrogen and oxygen atoms in total. The van der Waals surface area contributed by atoms with E-state index in [-0.39, 0.29) is 27.3 Å². The number of carboxylic acids is 1. The van der Waals surface area contributed by atoms with Crippen molar-refractivity contribution in [1.29, 1.82) is 0 Å². The first-order chi connectivity index (χ1) is 11.2. The molecule has 128 valence electrons. The van der Waals surface area contributed by atoms with Crippen molar-refractivity contribution in [3.8, 4) is 5.75 Å². The zero-order valence-corrected chi connectivity index (χ0v) is 14.6. The van der Waals surface area contributed by atoms with E-state index in [1.807, 2.05) is 13.8 Å². The van der Waals surface area contributed by atoms with Gasteiger partial charge in [-0.2, -0.15) is 0 Å². The highest BCUT2D eigenvalue weighted by Gasteiger charge is 2.19. The molecule has 2 aromatic rings. The molecule has 0 amide bonds. The Morgan fingerprint density at radius 1 is 1.17 bits per heavy atom. The average molecular weight is 370 g/mol. The monoisotopic (exact) mass is 369 g/mol. The SMILES string of the molecule is CC(C)Oc1ccc(S(=O)(=O)Nc2ccc(Cl)cc2C(=O)O)cc1. The molecule has 0 saturated heterocycles. The van der Waals surface area contributed by atoms with E-state index in [4.69, 9.17) is 21.4 Å². The van der Waals surface area contributed by atoms with E-state index in [2.05, 4.69) is 4.72 Å². The number of anilines is 1. The van der Waals surface area contributed by atoms with Crippen LogP contribution in [0.4, 0.5) is 5.69 Å². The van der Waals surface area contributed by atoms with Crippen LogP contribution in [0.25, 0.3) is 0 Å². The Balaban J connectivity index is 2.30. The van der Waals surface area contributed by atoms with Gasteiger partial charge >= 0.3 is 5.97 Å². The number of carboxylic acid groups (broad SMARTS) is 1. The number of hydrogen-bond acceptors (Lipinski definition) is 4. The number of rotatable bonds is 6. The minimum Gasteiger partial charge on any atom is -0.491 e. The van der Waals surface area contributed by atoms with E-state index in [0.29, 0.717) is 5.75 Å². The van der Waals surface area contributed by atoms with Gasteiger partial charge in [0.25, 0.3) is 10.0 Å². The summed E-state index contributed by atoms with van der Waals surface area (Å²) < 4.78 is 32.6. The fourth-order valence-electron chi connectivity index (χ4n) is 1.96. The Morgan fingerprint density at radius 2 is 1.79 bits per heavy atom. The van der Waals surface area contributed by atoms with Gasteiger partial charge in [-0.05, 0) is 56.3 Å². The zero-order valence-electron chi connectivity index (χ0n) is 13.0. The van der Waals surface area contributed by atoms with Gasteiger partial charge in [0.15, 0.2) is 0 Å². The minimum atomic E-state index is -3.94. The summed E-state index contributed by atoms with van der Waals surface area (Å²) >= 11 is 5.75. The molecule has 0 spiro atoms. The van der Waals surface area contributed by atoms with Crippen LogP contribution in [0.15, 0.2) is 47.4 Å².